The van der Waals surface area contributed by atoms with Crippen LogP contribution in [0.25, 0.3) is 0 Å². The highest BCUT2D eigenvalue weighted by Crippen LogP contribution is 2.22. The Morgan fingerprint density at radius 2 is 2.12 bits per heavy atom. The van der Waals surface area contributed by atoms with Crippen LogP contribution in [0.15, 0.2) is 17.8 Å². The first-order valence-corrected chi connectivity index (χ1v) is 6.67. The Bertz CT molecular complexity index is 473. The zero-order valence-electron chi connectivity index (χ0n) is 10.6. The van der Waals surface area contributed by atoms with Crippen molar-refractivity contribution in [3.8, 4) is 0 Å². The molecule has 17 heavy (non-hydrogen) atoms. The highest BCUT2D eigenvalue weighted by molar-refractivity contribution is 7.09. The lowest BCUT2D eigenvalue weighted by Crippen LogP contribution is -2.12. The van der Waals surface area contributed by atoms with E-state index in [-0.39, 0.29) is 6.04 Å². The number of aryl methyl sites for hydroxylation is 1. The van der Waals surface area contributed by atoms with E-state index in [0.717, 1.165) is 16.6 Å². The standard InChI is InChI=1S/C12H18N4S/c1-8(2)16-7-9(3)14-12(16)15-10(4)11-13-5-6-17-11/h5-8,10H,1-4H3,(H,14,15). The summed E-state index contributed by atoms with van der Waals surface area (Å²) in [5.74, 6) is 0.917. The van der Waals surface area contributed by atoms with E-state index in [1.807, 2.05) is 18.5 Å². The molecule has 92 valence electrons. The van der Waals surface area contributed by atoms with Crippen LogP contribution in [0.4, 0.5) is 5.95 Å². The summed E-state index contributed by atoms with van der Waals surface area (Å²) in [6.07, 6.45) is 3.90. The molecular formula is C12H18N4S. The van der Waals surface area contributed by atoms with E-state index in [2.05, 4.69) is 46.8 Å². The van der Waals surface area contributed by atoms with E-state index in [1.165, 1.54) is 0 Å². The second-order valence-corrected chi connectivity index (χ2v) is 5.37. The van der Waals surface area contributed by atoms with Crippen LogP contribution in [0.2, 0.25) is 0 Å². The first-order chi connectivity index (χ1) is 8.08. The maximum atomic E-state index is 4.51. The van der Waals surface area contributed by atoms with Crippen molar-refractivity contribution in [3.05, 3.63) is 28.5 Å². The summed E-state index contributed by atoms with van der Waals surface area (Å²) >= 11 is 1.66. The molecule has 2 aromatic heterocycles. The van der Waals surface area contributed by atoms with Crippen LogP contribution in [0, 0.1) is 6.92 Å². The van der Waals surface area contributed by atoms with E-state index in [9.17, 15) is 0 Å². The highest BCUT2D eigenvalue weighted by atomic mass is 32.1. The molecule has 2 aromatic rings. The molecule has 1 unspecified atom stereocenters. The molecule has 0 radical (unpaired) electrons. The number of rotatable bonds is 4. The number of nitrogens with one attached hydrogen (secondary N) is 1. The Morgan fingerprint density at radius 3 is 2.71 bits per heavy atom. The van der Waals surface area contributed by atoms with E-state index in [1.54, 1.807) is 11.3 Å². The Hall–Kier alpha value is -1.36. The Balaban J connectivity index is 2.18. The summed E-state index contributed by atoms with van der Waals surface area (Å²) < 4.78 is 2.15. The molecule has 0 saturated heterocycles. The van der Waals surface area contributed by atoms with E-state index >= 15 is 0 Å². The monoisotopic (exact) mass is 250 g/mol. The fraction of sp³-hybridized carbons (Fsp3) is 0.500. The maximum Gasteiger partial charge on any atom is 0.203 e. The minimum absolute atomic E-state index is 0.189. The zero-order valence-corrected chi connectivity index (χ0v) is 11.5. The molecule has 0 aromatic carbocycles. The SMILES string of the molecule is Cc1cn(C(C)C)c(NC(C)c2nccs2)n1. The van der Waals surface area contributed by atoms with Crippen molar-refractivity contribution in [1.29, 1.82) is 0 Å². The highest BCUT2D eigenvalue weighted by Gasteiger charge is 2.13. The molecule has 0 aliphatic heterocycles. The van der Waals surface area contributed by atoms with Crippen molar-refractivity contribution in [2.24, 2.45) is 0 Å². The van der Waals surface area contributed by atoms with Gasteiger partial charge in [-0.2, -0.15) is 0 Å². The number of hydrogen-bond acceptors (Lipinski definition) is 4. The Morgan fingerprint density at radius 1 is 1.35 bits per heavy atom. The van der Waals surface area contributed by atoms with Crippen molar-refractivity contribution in [2.45, 2.75) is 39.8 Å². The Labute approximate surface area is 106 Å². The van der Waals surface area contributed by atoms with Gasteiger partial charge in [0.1, 0.15) is 5.01 Å². The van der Waals surface area contributed by atoms with Gasteiger partial charge in [0, 0.05) is 23.8 Å². The summed E-state index contributed by atoms with van der Waals surface area (Å²) in [6.45, 7) is 8.42. The third-order valence-electron chi connectivity index (χ3n) is 2.58. The van der Waals surface area contributed by atoms with Crippen molar-refractivity contribution in [3.63, 3.8) is 0 Å². The molecule has 0 aliphatic rings. The summed E-state index contributed by atoms with van der Waals surface area (Å²) in [5, 5.41) is 6.49. The molecule has 5 heteroatoms. The zero-order chi connectivity index (χ0) is 12.4. The number of imidazole rings is 1. The Kier molecular flexibility index (Phi) is 3.47. The number of anilines is 1. The van der Waals surface area contributed by atoms with Gasteiger partial charge in [0.25, 0.3) is 0 Å². The largest absolute Gasteiger partial charge is 0.347 e. The second-order valence-electron chi connectivity index (χ2n) is 4.44. The van der Waals surface area contributed by atoms with Crippen molar-refractivity contribution < 1.29 is 0 Å². The lowest BCUT2D eigenvalue weighted by Gasteiger charge is -2.16. The molecule has 1 atom stereocenters. The molecule has 0 spiro atoms. The van der Waals surface area contributed by atoms with Gasteiger partial charge in [-0.3, -0.25) is 0 Å². The van der Waals surface area contributed by atoms with Crippen molar-refractivity contribution >= 4 is 17.3 Å². The molecule has 0 amide bonds. The lowest BCUT2D eigenvalue weighted by molar-refractivity contribution is 0.600. The summed E-state index contributed by atoms with van der Waals surface area (Å²) in [6, 6.07) is 0.594. The number of hydrogen-bond donors (Lipinski definition) is 1. The molecule has 1 N–H and O–H groups in total. The minimum atomic E-state index is 0.189. The summed E-state index contributed by atoms with van der Waals surface area (Å²) in [4.78, 5) is 8.82. The summed E-state index contributed by atoms with van der Waals surface area (Å²) in [5.41, 5.74) is 1.03. The van der Waals surface area contributed by atoms with Gasteiger partial charge in [-0.15, -0.1) is 11.3 Å². The van der Waals surface area contributed by atoms with Crippen LogP contribution in [-0.2, 0) is 0 Å². The maximum absolute atomic E-state index is 4.51. The number of aromatic nitrogens is 3. The smallest absolute Gasteiger partial charge is 0.203 e. The van der Waals surface area contributed by atoms with Gasteiger partial charge in [-0.25, -0.2) is 9.97 Å². The first kappa shape index (κ1) is 12.1. The van der Waals surface area contributed by atoms with E-state index in [4.69, 9.17) is 0 Å². The first-order valence-electron chi connectivity index (χ1n) is 5.79. The molecule has 2 rings (SSSR count). The van der Waals surface area contributed by atoms with Crippen molar-refractivity contribution in [2.75, 3.05) is 5.32 Å². The van der Waals surface area contributed by atoms with Crippen LogP contribution < -0.4 is 5.32 Å². The third kappa shape index (κ3) is 2.66. The molecule has 0 saturated carbocycles. The van der Waals surface area contributed by atoms with Gasteiger partial charge < -0.3 is 9.88 Å². The molecule has 0 aliphatic carbocycles. The van der Waals surface area contributed by atoms with Crippen LogP contribution in [0.3, 0.4) is 0 Å². The molecule has 0 fully saturated rings. The molecule has 4 nitrogen and oxygen atoms in total. The van der Waals surface area contributed by atoms with Crippen LogP contribution in [0.5, 0.6) is 0 Å². The van der Waals surface area contributed by atoms with E-state index in [0.29, 0.717) is 6.04 Å². The minimum Gasteiger partial charge on any atom is -0.347 e. The second kappa shape index (κ2) is 4.87. The fourth-order valence-electron chi connectivity index (χ4n) is 1.72. The fourth-order valence-corrected chi connectivity index (χ4v) is 2.37. The number of nitrogens with zero attached hydrogens (tertiary/aromatic N) is 3. The van der Waals surface area contributed by atoms with Crippen LogP contribution in [-0.4, -0.2) is 14.5 Å². The van der Waals surface area contributed by atoms with Gasteiger partial charge >= 0.3 is 0 Å². The lowest BCUT2D eigenvalue weighted by atomic mass is 10.3. The molecular weight excluding hydrogens is 232 g/mol. The third-order valence-corrected chi connectivity index (χ3v) is 3.53. The predicted molar refractivity (Wildman–Crippen MR) is 71.5 cm³/mol. The number of thiazole rings is 1. The normalized spacial score (nSPS) is 13.0. The summed E-state index contributed by atoms with van der Waals surface area (Å²) in [7, 11) is 0. The van der Waals surface area contributed by atoms with Gasteiger partial charge in [0.15, 0.2) is 0 Å². The van der Waals surface area contributed by atoms with Crippen LogP contribution in [0.1, 0.15) is 43.6 Å². The topological polar surface area (TPSA) is 42.7 Å². The quantitative estimate of drug-likeness (QED) is 0.904. The van der Waals surface area contributed by atoms with Gasteiger partial charge in [0.05, 0.1) is 11.7 Å². The average molecular weight is 250 g/mol. The average Bonchev–Trinajstić information content (AvgIpc) is 2.86. The predicted octanol–water partition coefficient (Wildman–Crippen LogP) is 3.40. The molecule has 2 heterocycles. The van der Waals surface area contributed by atoms with Crippen molar-refractivity contribution in [1.82, 2.24) is 14.5 Å². The van der Waals surface area contributed by atoms with Crippen LogP contribution >= 0.6 is 11.3 Å². The van der Waals surface area contributed by atoms with Gasteiger partial charge in [-0.1, -0.05) is 0 Å². The van der Waals surface area contributed by atoms with Gasteiger partial charge in [-0.05, 0) is 27.7 Å². The van der Waals surface area contributed by atoms with Gasteiger partial charge in [0.2, 0.25) is 5.95 Å². The molecule has 0 bridgehead atoms. The van der Waals surface area contributed by atoms with E-state index < -0.39 is 0 Å².